The summed E-state index contributed by atoms with van der Waals surface area (Å²) in [5, 5.41) is 0. The van der Waals surface area contributed by atoms with Gasteiger partial charge in [0.2, 0.25) is 0 Å². The molecule has 4 heteroatoms. The third kappa shape index (κ3) is 2.58. The van der Waals surface area contributed by atoms with Crippen LogP contribution in [0, 0.1) is 5.41 Å². The van der Waals surface area contributed by atoms with Crippen LogP contribution >= 0.6 is 0 Å². The van der Waals surface area contributed by atoms with Crippen LogP contribution in [-0.4, -0.2) is 31.6 Å². The third-order valence-corrected chi connectivity index (χ3v) is 2.43. The van der Waals surface area contributed by atoms with Gasteiger partial charge < -0.3 is 14.2 Å². The van der Waals surface area contributed by atoms with Gasteiger partial charge in [-0.25, -0.2) is 0 Å². The molecule has 1 rings (SSSR count). The first kappa shape index (κ1) is 12.2. The molecule has 1 aliphatic heterocycles. The Morgan fingerprint density at radius 1 is 1.47 bits per heavy atom. The summed E-state index contributed by atoms with van der Waals surface area (Å²) in [5.41, 5.74) is -0.856. The number of carbonyl (C=O) groups is 1. The van der Waals surface area contributed by atoms with Gasteiger partial charge in [-0.1, -0.05) is 6.08 Å². The minimum absolute atomic E-state index is 0.252. The summed E-state index contributed by atoms with van der Waals surface area (Å²) in [7, 11) is 0. The summed E-state index contributed by atoms with van der Waals surface area (Å²) in [6.07, 6.45) is 1.54. The number of ether oxygens (including phenoxy) is 3. The van der Waals surface area contributed by atoms with E-state index in [1.807, 2.05) is 13.8 Å². The van der Waals surface area contributed by atoms with Crippen LogP contribution in [0.15, 0.2) is 12.7 Å². The van der Waals surface area contributed by atoms with Gasteiger partial charge in [0.05, 0.1) is 19.8 Å². The second-order valence-corrected chi connectivity index (χ2v) is 4.06. The molecule has 0 aromatic rings. The van der Waals surface area contributed by atoms with Gasteiger partial charge in [-0.3, -0.25) is 4.79 Å². The molecule has 86 valence electrons. The fourth-order valence-corrected chi connectivity index (χ4v) is 1.28. The molecule has 0 saturated carbocycles. The average Bonchev–Trinajstić information content (AvgIpc) is 2.19. The van der Waals surface area contributed by atoms with E-state index >= 15 is 0 Å². The Morgan fingerprint density at radius 2 is 2.00 bits per heavy atom. The van der Waals surface area contributed by atoms with E-state index in [0.29, 0.717) is 6.61 Å². The summed E-state index contributed by atoms with van der Waals surface area (Å²) < 4.78 is 15.9. The molecule has 0 bridgehead atoms. The molecule has 0 N–H and O–H groups in total. The molecule has 4 nitrogen and oxygen atoms in total. The van der Waals surface area contributed by atoms with Gasteiger partial charge in [-0.2, -0.15) is 0 Å². The molecule has 1 fully saturated rings. The predicted octanol–water partition coefficient (Wildman–Crippen LogP) is 1.50. The lowest BCUT2D eigenvalue weighted by Crippen LogP contribution is -2.50. The van der Waals surface area contributed by atoms with E-state index in [-0.39, 0.29) is 19.2 Å². The number of rotatable bonds is 3. The first-order chi connectivity index (χ1) is 6.96. The lowest BCUT2D eigenvalue weighted by Gasteiger charge is -2.39. The first-order valence-electron chi connectivity index (χ1n) is 5.04. The molecular formula is C11H18O4. The van der Waals surface area contributed by atoms with Crippen LogP contribution in [0.2, 0.25) is 0 Å². The predicted molar refractivity (Wildman–Crippen MR) is 55.2 cm³/mol. The number of carbonyl (C=O) groups excluding carboxylic acids is 1. The van der Waals surface area contributed by atoms with Crippen molar-refractivity contribution in [2.75, 3.05) is 19.8 Å². The van der Waals surface area contributed by atoms with Crippen LogP contribution in [0.5, 0.6) is 0 Å². The van der Waals surface area contributed by atoms with Crippen molar-refractivity contribution in [3.8, 4) is 0 Å². The van der Waals surface area contributed by atoms with Crippen molar-refractivity contribution in [3.05, 3.63) is 12.7 Å². The van der Waals surface area contributed by atoms with Crippen molar-refractivity contribution in [3.63, 3.8) is 0 Å². The maximum atomic E-state index is 11.7. The van der Waals surface area contributed by atoms with Gasteiger partial charge in [0, 0.05) is 0 Å². The SMILES string of the molecule is C=CC1(C(=O)OCC)COC(C)(C)OC1. The van der Waals surface area contributed by atoms with E-state index in [1.54, 1.807) is 13.0 Å². The minimum atomic E-state index is -0.856. The monoisotopic (exact) mass is 214 g/mol. The average molecular weight is 214 g/mol. The van der Waals surface area contributed by atoms with Crippen molar-refractivity contribution in [1.29, 1.82) is 0 Å². The maximum absolute atomic E-state index is 11.7. The number of hydrogen-bond acceptors (Lipinski definition) is 4. The van der Waals surface area contributed by atoms with Crippen molar-refractivity contribution in [2.45, 2.75) is 26.6 Å². The van der Waals surface area contributed by atoms with Crippen molar-refractivity contribution < 1.29 is 19.0 Å². The summed E-state index contributed by atoms with van der Waals surface area (Å²) in [4.78, 5) is 11.7. The fraction of sp³-hybridized carbons (Fsp3) is 0.727. The molecule has 0 aliphatic carbocycles. The quantitative estimate of drug-likeness (QED) is 0.527. The summed E-state index contributed by atoms with van der Waals surface area (Å²) in [5.74, 6) is -0.977. The molecular weight excluding hydrogens is 196 g/mol. The van der Waals surface area contributed by atoms with Crippen molar-refractivity contribution in [1.82, 2.24) is 0 Å². The normalized spacial score (nSPS) is 23.1. The zero-order chi connectivity index (χ0) is 11.5. The largest absolute Gasteiger partial charge is 0.465 e. The van der Waals surface area contributed by atoms with Gasteiger partial charge in [0.15, 0.2) is 5.79 Å². The Balaban J connectivity index is 2.72. The second kappa shape index (κ2) is 4.33. The highest BCUT2D eigenvalue weighted by molar-refractivity contribution is 5.79. The highest BCUT2D eigenvalue weighted by Gasteiger charge is 2.44. The number of hydrogen-bond donors (Lipinski definition) is 0. The van der Waals surface area contributed by atoms with Gasteiger partial charge in [-0.15, -0.1) is 6.58 Å². The maximum Gasteiger partial charge on any atom is 0.320 e. The lowest BCUT2D eigenvalue weighted by molar-refractivity contribution is -0.276. The van der Waals surface area contributed by atoms with Gasteiger partial charge >= 0.3 is 5.97 Å². The van der Waals surface area contributed by atoms with E-state index in [2.05, 4.69) is 6.58 Å². The highest BCUT2D eigenvalue weighted by Crippen LogP contribution is 2.31. The Kier molecular flexibility index (Phi) is 3.52. The van der Waals surface area contributed by atoms with E-state index in [0.717, 1.165) is 0 Å². The molecule has 0 aromatic heterocycles. The van der Waals surface area contributed by atoms with E-state index in [1.165, 1.54) is 0 Å². The minimum Gasteiger partial charge on any atom is -0.465 e. The van der Waals surface area contributed by atoms with Gasteiger partial charge in [0.1, 0.15) is 5.41 Å². The lowest BCUT2D eigenvalue weighted by atomic mass is 9.89. The molecule has 1 saturated heterocycles. The zero-order valence-electron chi connectivity index (χ0n) is 9.54. The van der Waals surface area contributed by atoms with Crippen LogP contribution in [-0.2, 0) is 19.0 Å². The molecule has 1 heterocycles. The smallest absolute Gasteiger partial charge is 0.320 e. The molecule has 1 aliphatic rings. The summed E-state index contributed by atoms with van der Waals surface area (Å²) in [6, 6.07) is 0. The topological polar surface area (TPSA) is 44.8 Å². The van der Waals surface area contributed by atoms with Gasteiger partial charge in [0.25, 0.3) is 0 Å². The summed E-state index contributed by atoms with van der Waals surface area (Å²) in [6.45, 7) is 9.88. The fourth-order valence-electron chi connectivity index (χ4n) is 1.28. The molecule has 0 atom stereocenters. The second-order valence-electron chi connectivity index (χ2n) is 4.06. The Hall–Kier alpha value is -0.870. The first-order valence-corrected chi connectivity index (χ1v) is 5.04. The molecule has 0 aromatic carbocycles. The van der Waals surface area contributed by atoms with E-state index < -0.39 is 11.2 Å². The zero-order valence-corrected chi connectivity index (χ0v) is 9.54. The van der Waals surface area contributed by atoms with Crippen LogP contribution in [0.25, 0.3) is 0 Å². The third-order valence-electron chi connectivity index (χ3n) is 2.43. The molecule has 0 radical (unpaired) electrons. The summed E-state index contributed by atoms with van der Waals surface area (Å²) >= 11 is 0. The van der Waals surface area contributed by atoms with E-state index in [9.17, 15) is 4.79 Å². The molecule has 0 spiro atoms. The van der Waals surface area contributed by atoms with E-state index in [4.69, 9.17) is 14.2 Å². The Morgan fingerprint density at radius 3 is 2.40 bits per heavy atom. The van der Waals surface area contributed by atoms with Crippen LogP contribution in [0.1, 0.15) is 20.8 Å². The van der Waals surface area contributed by atoms with Crippen LogP contribution in [0.3, 0.4) is 0 Å². The number of esters is 1. The highest BCUT2D eigenvalue weighted by atomic mass is 16.7. The molecule has 15 heavy (non-hydrogen) atoms. The molecule has 0 amide bonds. The van der Waals surface area contributed by atoms with Gasteiger partial charge in [-0.05, 0) is 20.8 Å². The van der Waals surface area contributed by atoms with Crippen LogP contribution in [0.4, 0.5) is 0 Å². The standard InChI is InChI=1S/C11H18O4/c1-5-11(9(12)13-6-2)7-14-10(3,4)15-8-11/h5H,1,6-8H2,2-4H3. The molecule has 0 unspecified atom stereocenters. The van der Waals surface area contributed by atoms with Crippen molar-refractivity contribution in [2.24, 2.45) is 5.41 Å². The van der Waals surface area contributed by atoms with Crippen LogP contribution < -0.4 is 0 Å². The van der Waals surface area contributed by atoms with Crippen molar-refractivity contribution >= 4 is 5.97 Å². The Labute approximate surface area is 90.2 Å². The Bertz CT molecular complexity index is 247.